The van der Waals surface area contributed by atoms with Crippen molar-refractivity contribution in [1.29, 1.82) is 0 Å². The molecule has 4 aromatic rings. The first-order valence-electron chi connectivity index (χ1n) is 27.6. The standard InChI is InChI=1S/C30H38N4O4S.C30H38N4O3/c1-20(2)31-29(35)23-8-11-25(12-9-23)34-27-19-26(33-14-16-39(37,38)17-15-33)13-10-24(27)18-28(34)32-30(36)22-6-4-21(3)5-7-22;1-20(2)31-29(35)23-8-11-25(12-9-23)34-27-19-26(33-14-16-37-17-15-33)13-10-24(27)18-28(34)32-30(36)22-6-4-21(3)5-7-22/h4-7,10,13,19-20,23,25H,8-9,11-12,14-18H2,1-3H3,(H,31,35);4-7,10,13,19-20,23,25H,8-9,11-12,14-18H2,1-3H3,(H,31,35). The Bertz CT molecular complexity index is 2920. The maximum absolute atomic E-state index is 13.2. The van der Waals surface area contributed by atoms with Crippen molar-refractivity contribution < 1.29 is 32.3 Å². The average molecular weight is 1050 g/mol. The molecular weight excluding hydrogens is 977 g/mol. The van der Waals surface area contributed by atoms with Gasteiger partial charge in [-0.25, -0.2) is 8.42 Å². The molecule has 15 nitrogen and oxygen atoms in total. The lowest BCUT2D eigenvalue weighted by Gasteiger charge is -2.36. The van der Waals surface area contributed by atoms with E-state index >= 15 is 0 Å². The molecule has 76 heavy (non-hydrogen) atoms. The number of nitrogens with one attached hydrogen (secondary N) is 2. The highest BCUT2D eigenvalue weighted by atomic mass is 32.2. The van der Waals surface area contributed by atoms with E-state index in [1.54, 1.807) is 0 Å². The number of rotatable bonds is 10. The molecule has 0 atom stereocenters. The second-order valence-corrected chi connectivity index (χ2v) is 24.5. The van der Waals surface area contributed by atoms with Crippen LogP contribution in [0.2, 0.25) is 0 Å². The van der Waals surface area contributed by atoms with Gasteiger partial charge in [0.05, 0.1) is 24.7 Å². The molecule has 0 aromatic heterocycles. The van der Waals surface area contributed by atoms with Crippen LogP contribution in [0.25, 0.3) is 0 Å². The third-order valence-corrected chi connectivity index (χ3v) is 17.4. The van der Waals surface area contributed by atoms with E-state index in [1.165, 1.54) is 11.3 Å². The number of aryl methyl sites for hydroxylation is 2. The van der Waals surface area contributed by atoms with E-state index in [-0.39, 0.29) is 71.1 Å². The Morgan fingerprint density at radius 2 is 0.921 bits per heavy atom. The summed E-state index contributed by atoms with van der Waals surface area (Å²) in [4.78, 5) is 70.0. The van der Waals surface area contributed by atoms with Gasteiger partial charge in [-0.1, -0.05) is 47.5 Å². The predicted octanol–water partition coefficient (Wildman–Crippen LogP) is 8.43. The highest BCUT2D eigenvalue weighted by Gasteiger charge is 2.39. The maximum atomic E-state index is 13.2. The molecular formula is C60H76N8O7S. The summed E-state index contributed by atoms with van der Waals surface area (Å²) in [6, 6.07) is 28.6. The minimum atomic E-state index is -2.98. The number of carbonyl (C=O) groups excluding carboxylic acids is 4. The van der Waals surface area contributed by atoms with Gasteiger partial charge in [-0.2, -0.15) is 9.98 Å². The highest BCUT2D eigenvalue weighted by Crippen LogP contribution is 2.41. The monoisotopic (exact) mass is 1050 g/mol. The second-order valence-electron chi connectivity index (χ2n) is 22.2. The van der Waals surface area contributed by atoms with Crippen molar-refractivity contribution in [3.63, 3.8) is 0 Å². The third-order valence-electron chi connectivity index (χ3n) is 15.8. The van der Waals surface area contributed by atoms with Crippen molar-refractivity contribution in [2.45, 2.75) is 130 Å². The van der Waals surface area contributed by atoms with Gasteiger partial charge in [0.2, 0.25) is 11.8 Å². The number of benzene rings is 4. The van der Waals surface area contributed by atoms with Crippen LogP contribution in [-0.4, -0.2) is 119 Å². The number of anilines is 4. The molecule has 0 unspecified atom stereocenters. The number of ether oxygens (including phenoxy) is 1. The Hall–Kier alpha value is -6.39. The third kappa shape index (κ3) is 13.1. The first kappa shape index (κ1) is 54.4. The molecule has 4 amide bonds. The zero-order valence-electron chi connectivity index (χ0n) is 45.2. The maximum Gasteiger partial charge on any atom is 0.278 e. The Kier molecular flexibility index (Phi) is 17.1. The lowest BCUT2D eigenvalue weighted by molar-refractivity contribution is -0.127. The summed E-state index contributed by atoms with van der Waals surface area (Å²) < 4.78 is 29.5. The van der Waals surface area contributed by atoms with Crippen LogP contribution >= 0.6 is 0 Å². The fourth-order valence-corrected chi connectivity index (χ4v) is 12.8. The zero-order chi connectivity index (χ0) is 53.7. The van der Waals surface area contributed by atoms with E-state index < -0.39 is 9.84 Å². The van der Waals surface area contributed by atoms with Gasteiger partial charge in [-0.15, -0.1) is 0 Å². The lowest BCUT2D eigenvalue weighted by Crippen LogP contribution is -2.44. The molecule has 4 fully saturated rings. The summed E-state index contributed by atoms with van der Waals surface area (Å²) >= 11 is 0. The summed E-state index contributed by atoms with van der Waals surface area (Å²) in [7, 11) is -2.98. The van der Waals surface area contributed by atoms with Crippen LogP contribution < -0.4 is 30.2 Å². The van der Waals surface area contributed by atoms with Crippen LogP contribution in [-0.2, 0) is 37.0 Å². The summed E-state index contributed by atoms with van der Waals surface area (Å²) in [6.45, 7) is 16.2. The van der Waals surface area contributed by atoms with E-state index in [9.17, 15) is 27.6 Å². The fraction of sp³-hybridized carbons (Fsp3) is 0.500. The number of hydrogen-bond acceptors (Lipinski definition) is 9. The summed E-state index contributed by atoms with van der Waals surface area (Å²) in [5.74, 6) is 1.75. The number of sulfone groups is 1. The van der Waals surface area contributed by atoms with Crippen LogP contribution in [0.4, 0.5) is 22.7 Å². The molecule has 404 valence electrons. The average Bonchev–Trinajstić information content (AvgIpc) is 3.97. The molecule has 6 aliphatic rings. The molecule has 4 aliphatic heterocycles. The summed E-state index contributed by atoms with van der Waals surface area (Å²) in [5, 5.41) is 6.13. The van der Waals surface area contributed by atoms with Gasteiger partial charge in [-0.3, -0.25) is 19.2 Å². The first-order chi connectivity index (χ1) is 36.5. The topological polar surface area (TPSA) is 173 Å². The normalized spacial score (nSPS) is 23.3. The first-order valence-corrected chi connectivity index (χ1v) is 29.4. The molecule has 4 aromatic carbocycles. The molecule has 2 aliphatic carbocycles. The van der Waals surface area contributed by atoms with Crippen LogP contribution in [0.3, 0.4) is 0 Å². The smallest absolute Gasteiger partial charge is 0.278 e. The van der Waals surface area contributed by atoms with E-state index in [0.717, 1.165) is 123 Å². The van der Waals surface area contributed by atoms with Gasteiger partial charge < -0.3 is 35.0 Å². The van der Waals surface area contributed by atoms with Gasteiger partial charge in [0.25, 0.3) is 11.8 Å². The van der Waals surface area contributed by atoms with Gasteiger partial charge in [0, 0.05) is 109 Å². The minimum Gasteiger partial charge on any atom is -0.378 e. The molecule has 0 spiro atoms. The van der Waals surface area contributed by atoms with Crippen molar-refractivity contribution in [3.8, 4) is 0 Å². The van der Waals surface area contributed by atoms with Crippen molar-refractivity contribution in [2.75, 3.05) is 70.5 Å². The molecule has 2 saturated carbocycles. The van der Waals surface area contributed by atoms with Gasteiger partial charge in [-0.05, 0) is 153 Å². The number of amidine groups is 2. The van der Waals surface area contributed by atoms with Gasteiger partial charge in [0.15, 0.2) is 9.84 Å². The Labute approximate surface area is 449 Å². The van der Waals surface area contributed by atoms with Crippen LogP contribution in [0.1, 0.15) is 122 Å². The predicted molar refractivity (Wildman–Crippen MR) is 303 cm³/mol. The molecule has 2 saturated heterocycles. The quantitative estimate of drug-likeness (QED) is 0.156. The number of aliphatic imine (C=N–C) groups is 2. The number of carbonyl (C=O) groups is 4. The largest absolute Gasteiger partial charge is 0.378 e. The zero-order valence-corrected chi connectivity index (χ0v) is 46.0. The van der Waals surface area contributed by atoms with Crippen molar-refractivity contribution in [3.05, 3.63) is 118 Å². The molecule has 10 rings (SSSR count). The summed E-state index contributed by atoms with van der Waals surface area (Å²) in [6.07, 6.45) is 7.94. The van der Waals surface area contributed by atoms with Crippen molar-refractivity contribution >= 4 is 67.9 Å². The number of amides is 4. The van der Waals surface area contributed by atoms with E-state index in [1.807, 2.05) is 96.1 Å². The van der Waals surface area contributed by atoms with Crippen molar-refractivity contribution in [1.82, 2.24) is 10.6 Å². The SMILES string of the molecule is Cc1ccc(C(=O)N=C2Cc3ccc(N4CCOCC4)cc3N2C2CCC(C(=O)NC(C)C)CC2)cc1.Cc1ccc(C(=O)N=C2Cc3ccc(N4CCS(=O)(=O)CC4)cc3N2C2CCC(C(=O)NC(C)C)CC2)cc1. The molecule has 0 radical (unpaired) electrons. The van der Waals surface area contributed by atoms with E-state index in [2.05, 4.69) is 70.5 Å². The van der Waals surface area contributed by atoms with Crippen LogP contribution in [0.15, 0.2) is 94.9 Å². The Balaban J connectivity index is 0.000000186. The number of hydrogen-bond donors (Lipinski definition) is 2. The molecule has 4 heterocycles. The number of nitrogens with zero attached hydrogens (tertiary/aromatic N) is 6. The molecule has 2 N–H and O–H groups in total. The number of morpholine rings is 1. The minimum absolute atomic E-state index is 0.00179. The van der Waals surface area contributed by atoms with E-state index in [4.69, 9.17) is 4.74 Å². The Morgan fingerprint density at radius 1 is 0.539 bits per heavy atom. The Morgan fingerprint density at radius 3 is 1.30 bits per heavy atom. The van der Waals surface area contributed by atoms with Gasteiger partial charge >= 0.3 is 0 Å². The molecule has 16 heteroatoms. The second kappa shape index (κ2) is 23.9. The lowest BCUT2D eigenvalue weighted by atomic mass is 9.84. The summed E-state index contributed by atoms with van der Waals surface area (Å²) in [5.41, 5.74) is 10.0. The van der Waals surface area contributed by atoms with Crippen molar-refractivity contribution in [2.24, 2.45) is 21.8 Å². The van der Waals surface area contributed by atoms with E-state index in [0.29, 0.717) is 37.1 Å². The highest BCUT2D eigenvalue weighted by molar-refractivity contribution is 7.91. The van der Waals surface area contributed by atoms with Gasteiger partial charge in [0.1, 0.15) is 11.7 Å². The fourth-order valence-electron chi connectivity index (χ4n) is 11.6. The molecule has 0 bridgehead atoms. The number of fused-ring (bicyclic) bond motifs is 2. The van der Waals surface area contributed by atoms with Crippen LogP contribution in [0, 0.1) is 25.7 Å². The van der Waals surface area contributed by atoms with Crippen LogP contribution in [0.5, 0.6) is 0 Å².